The Labute approximate surface area is 157 Å². The number of nitrogens with one attached hydrogen (secondary N) is 1. The van der Waals surface area contributed by atoms with E-state index < -0.39 is 0 Å². The van der Waals surface area contributed by atoms with Gasteiger partial charge in [0.25, 0.3) is 0 Å². The van der Waals surface area contributed by atoms with Gasteiger partial charge in [0.2, 0.25) is 11.9 Å². The number of halogens is 1. The first-order valence-corrected chi connectivity index (χ1v) is 9.31. The number of carbonyl (C=O) groups is 1. The minimum absolute atomic E-state index is 0.00269. The summed E-state index contributed by atoms with van der Waals surface area (Å²) in [5.41, 5.74) is 2.61. The van der Waals surface area contributed by atoms with Crippen LogP contribution in [0.1, 0.15) is 18.4 Å². The third kappa shape index (κ3) is 3.52. The van der Waals surface area contributed by atoms with Gasteiger partial charge in [-0.15, -0.1) is 0 Å². The second-order valence-corrected chi connectivity index (χ2v) is 7.03. The number of carbonyl (C=O) groups excluding carboxylic acids is 1. The smallest absolute Gasteiger partial charge is 0.223 e. The van der Waals surface area contributed by atoms with Gasteiger partial charge in [-0.05, 0) is 31.0 Å². The Balaban J connectivity index is 1.36. The van der Waals surface area contributed by atoms with Crippen molar-refractivity contribution in [2.45, 2.75) is 19.4 Å². The molecule has 3 aromatic rings. The Morgan fingerprint density at radius 2 is 1.85 bits per heavy atom. The molecular formula is C21H23FN4O. The second kappa shape index (κ2) is 7.39. The van der Waals surface area contributed by atoms with E-state index in [1.807, 2.05) is 25.2 Å². The Morgan fingerprint density at radius 1 is 1.15 bits per heavy atom. The summed E-state index contributed by atoms with van der Waals surface area (Å²) < 4.78 is 15.8. The predicted molar refractivity (Wildman–Crippen MR) is 104 cm³/mol. The predicted octanol–water partition coefficient (Wildman–Crippen LogP) is 3.25. The van der Waals surface area contributed by atoms with Gasteiger partial charge in [-0.2, -0.15) is 0 Å². The van der Waals surface area contributed by atoms with Crippen molar-refractivity contribution in [3.05, 3.63) is 59.9 Å². The van der Waals surface area contributed by atoms with Gasteiger partial charge in [-0.3, -0.25) is 4.79 Å². The Bertz CT molecular complexity index is 960. The zero-order chi connectivity index (χ0) is 18.8. The number of piperidine rings is 1. The lowest BCUT2D eigenvalue weighted by atomic mass is 9.96. The average molecular weight is 366 g/mol. The van der Waals surface area contributed by atoms with Crippen LogP contribution in [-0.2, 0) is 18.4 Å². The number of para-hydroxylation sites is 2. The number of nitrogens with zero attached hydrogens (tertiary/aromatic N) is 3. The van der Waals surface area contributed by atoms with E-state index in [-0.39, 0.29) is 24.2 Å². The Kier molecular flexibility index (Phi) is 4.79. The minimum Gasteiger partial charge on any atom is -0.352 e. The Morgan fingerprint density at radius 3 is 2.59 bits per heavy atom. The molecule has 5 nitrogen and oxygen atoms in total. The zero-order valence-corrected chi connectivity index (χ0v) is 15.4. The first-order valence-electron chi connectivity index (χ1n) is 9.31. The molecular weight excluding hydrogens is 343 g/mol. The van der Waals surface area contributed by atoms with Crippen LogP contribution in [0.2, 0.25) is 0 Å². The molecule has 6 heteroatoms. The third-order valence-corrected chi connectivity index (χ3v) is 5.32. The van der Waals surface area contributed by atoms with Crippen molar-refractivity contribution < 1.29 is 9.18 Å². The summed E-state index contributed by atoms with van der Waals surface area (Å²) in [6.45, 7) is 1.81. The summed E-state index contributed by atoms with van der Waals surface area (Å²) in [5, 5.41) is 2.88. The summed E-state index contributed by atoms with van der Waals surface area (Å²) in [5.74, 6) is 0.626. The Hall–Kier alpha value is -2.89. The van der Waals surface area contributed by atoms with Crippen LogP contribution in [0, 0.1) is 11.7 Å². The van der Waals surface area contributed by atoms with Crippen molar-refractivity contribution in [1.82, 2.24) is 14.9 Å². The highest BCUT2D eigenvalue weighted by atomic mass is 19.1. The van der Waals surface area contributed by atoms with E-state index in [9.17, 15) is 9.18 Å². The standard InChI is InChI=1S/C21H23FN4O/c1-25-19-9-5-4-8-18(19)24-21(25)26-12-10-15(11-13-26)20(27)23-14-16-6-2-3-7-17(16)22/h2-9,15H,10-14H2,1H3,(H,23,27). The summed E-state index contributed by atoms with van der Waals surface area (Å²) in [7, 11) is 2.03. The van der Waals surface area contributed by atoms with Crippen molar-refractivity contribution in [2.75, 3.05) is 18.0 Å². The van der Waals surface area contributed by atoms with E-state index in [1.54, 1.807) is 18.2 Å². The van der Waals surface area contributed by atoms with Crippen LogP contribution in [0.15, 0.2) is 48.5 Å². The highest BCUT2D eigenvalue weighted by molar-refractivity contribution is 5.80. The first kappa shape index (κ1) is 17.5. The van der Waals surface area contributed by atoms with E-state index in [4.69, 9.17) is 4.98 Å². The van der Waals surface area contributed by atoms with Crippen molar-refractivity contribution in [3.8, 4) is 0 Å². The quantitative estimate of drug-likeness (QED) is 0.771. The second-order valence-electron chi connectivity index (χ2n) is 7.03. The molecule has 1 aliphatic rings. The van der Waals surface area contributed by atoms with Gasteiger partial charge < -0.3 is 14.8 Å². The van der Waals surface area contributed by atoms with Crippen molar-refractivity contribution in [2.24, 2.45) is 13.0 Å². The van der Waals surface area contributed by atoms with Gasteiger partial charge in [0, 0.05) is 38.2 Å². The molecule has 1 aromatic heterocycles. The van der Waals surface area contributed by atoms with Crippen LogP contribution in [-0.4, -0.2) is 28.5 Å². The molecule has 1 amide bonds. The fourth-order valence-electron chi connectivity index (χ4n) is 3.73. The number of benzene rings is 2. The normalized spacial score (nSPS) is 15.3. The first-order chi connectivity index (χ1) is 13.1. The minimum atomic E-state index is -0.283. The molecule has 140 valence electrons. The number of hydrogen-bond donors (Lipinski definition) is 1. The average Bonchev–Trinajstić information content (AvgIpc) is 3.04. The lowest BCUT2D eigenvalue weighted by Gasteiger charge is -2.32. The van der Waals surface area contributed by atoms with E-state index in [2.05, 4.69) is 20.9 Å². The molecule has 0 spiro atoms. The number of imidazole rings is 1. The van der Waals surface area contributed by atoms with Gasteiger partial charge in [0.1, 0.15) is 5.82 Å². The topological polar surface area (TPSA) is 50.2 Å². The fraction of sp³-hybridized carbons (Fsp3) is 0.333. The largest absolute Gasteiger partial charge is 0.352 e. The van der Waals surface area contributed by atoms with Crippen LogP contribution in [0.4, 0.5) is 10.3 Å². The highest BCUT2D eigenvalue weighted by Crippen LogP contribution is 2.26. The monoisotopic (exact) mass is 366 g/mol. The van der Waals surface area contributed by atoms with Gasteiger partial charge in [-0.25, -0.2) is 9.37 Å². The molecule has 0 radical (unpaired) electrons. The molecule has 0 unspecified atom stereocenters. The maximum Gasteiger partial charge on any atom is 0.223 e. The lowest BCUT2D eigenvalue weighted by molar-refractivity contribution is -0.125. The van der Waals surface area contributed by atoms with Crippen LogP contribution >= 0.6 is 0 Å². The van der Waals surface area contributed by atoms with Crippen LogP contribution in [0.25, 0.3) is 11.0 Å². The summed E-state index contributed by atoms with van der Waals surface area (Å²) in [6.07, 6.45) is 1.54. The third-order valence-electron chi connectivity index (χ3n) is 5.32. The van der Waals surface area contributed by atoms with Gasteiger partial charge >= 0.3 is 0 Å². The molecule has 1 fully saturated rings. The summed E-state index contributed by atoms with van der Waals surface area (Å²) in [6, 6.07) is 14.6. The molecule has 0 bridgehead atoms. The summed E-state index contributed by atoms with van der Waals surface area (Å²) >= 11 is 0. The highest BCUT2D eigenvalue weighted by Gasteiger charge is 2.27. The summed E-state index contributed by atoms with van der Waals surface area (Å²) in [4.78, 5) is 19.4. The van der Waals surface area contributed by atoms with Crippen LogP contribution in [0.5, 0.6) is 0 Å². The molecule has 4 rings (SSSR count). The number of anilines is 1. The molecule has 27 heavy (non-hydrogen) atoms. The van der Waals surface area contributed by atoms with Gasteiger partial charge in [0.05, 0.1) is 11.0 Å². The molecule has 0 atom stereocenters. The van der Waals surface area contributed by atoms with Crippen molar-refractivity contribution >= 4 is 22.9 Å². The maximum atomic E-state index is 13.7. The SMILES string of the molecule is Cn1c(N2CCC(C(=O)NCc3ccccc3F)CC2)nc2ccccc21. The lowest BCUT2D eigenvalue weighted by Crippen LogP contribution is -2.41. The molecule has 1 aliphatic heterocycles. The number of aryl methyl sites for hydroxylation is 1. The van der Waals surface area contributed by atoms with Crippen molar-refractivity contribution in [1.29, 1.82) is 0 Å². The van der Waals surface area contributed by atoms with E-state index >= 15 is 0 Å². The number of hydrogen-bond acceptors (Lipinski definition) is 3. The maximum absolute atomic E-state index is 13.7. The molecule has 1 N–H and O–H groups in total. The van der Waals surface area contributed by atoms with Gasteiger partial charge in [-0.1, -0.05) is 30.3 Å². The van der Waals surface area contributed by atoms with Crippen LogP contribution in [0.3, 0.4) is 0 Å². The molecule has 0 saturated carbocycles. The zero-order valence-electron chi connectivity index (χ0n) is 15.4. The van der Waals surface area contributed by atoms with Gasteiger partial charge in [0.15, 0.2) is 0 Å². The van der Waals surface area contributed by atoms with E-state index in [1.165, 1.54) is 6.07 Å². The van der Waals surface area contributed by atoms with Crippen molar-refractivity contribution in [3.63, 3.8) is 0 Å². The molecule has 1 saturated heterocycles. The van der Waals surface area contributed by atoms with E-state index in [0.29, 0.717) is 5.56 Å². The number of amides is 1. The number of fused-ring (bicyclic) bond motifs is 1. The number of rotatable bonds is 4. The molecule has 0 aliphatic carbocycles. The molecule has 2 aromatic carbocycles. The van der Waals surface area contributed by atoms with E-state index in [0.717, 1.165) is 42.9 Å². The molecule has 2 heterocycles. The fourth-order valence-corrected chi connectivity index (χ4v) is 3.73. The number of aromatic nitrogens is 2. The van der Waals surface area contributed by atoms with Crippen LogP contribution < -0.4 is 10.2 Å².